The first kappa shape index (κ1) is 34.5. The lowest BCUT2D eigenvalue weighted by molar-refractivity contribution is -0.127. The van der Waals surface area contributed by atoms with Gasteiger partial charge in [-0.3, -0.25) is 37.8 Å². The number of hydrogen-bond acceptors (Lipinski definition) is 9. The predicted octanol–water partition coefficient (Wildman–Crippen LogP) is 5.57. The van der Waals surface area contributed by atoms with Gasteiger partial charge in [-0.2, -0.15) is 4.98 Å². The number of aryl methyl sites for hydroxylation is 2. The minimum Gasteiger partial charge on any atom is -0.493 e. The molecule has 5 aromatic rings. The molecule has 16 heteroatoms. The number of benzene rings is 3. The summed E-state index contributed by atoms with van der Waals surface area (Å²) in [7, 11) is 4.28. The van der Waals surface area contributed by atoms with Crippen molar-refractivity contribution in [1.29, 1.82) is 0 Å². The van der Waals surface area contributed by atoms with Gasteiger partial charge >= 0.3 is 11.7 Å². The Morgan fingerprint density at radius 2 is 1.74 bits per heavy atom. The first-order chi connectivity index (χ1) is 23.9. The van der Waals surface area contributed by atoms with Crippen LogP contribution in [0.3, 0.4) is 0 Å². The molecular formula is C34H28Cl2N6O7S. The zero-order chi connectivity index (χ0) is 35.9. The van der Waals surface area contributed by atoms with Gasteiger partial charge in [-0.25, -0.2) is 4.79 Å². The van der Waals surface area contributed by atoms with Crippen molar-refractivity contribution in [2.24, 2.45) is 14.1 Å². The molecule has 6 rings (SSSR count). The third-order valence-electron chi connectivity index (χ3n) is 7.94. The fourth-order valence-electron chi connectivity index (χ4n) is 5.26. The summed E-state index contributed by atoms with van der Waals surface area (Å²) in [5, 5.41) is 2.94. The van der Waals surface area contributed by atoms with Crippen molar-refractivity contribution in [1.82, 2.24) is 23.6 Å². The molecule has 1 saturated heterocycles. The van der Waals surface area contributed by atoms with Crippen LogP contribution >= 0.6 is 35.0 Å². The van der Waals surface area contributed by atoms with Crippen LogP contribution in [0.5, 0.6) is 17.5 Å². The van der Waals surface area contributed by atoms with Crippen LogP contribution in [0.2, 0.25) is 10.0 Å². The summed E-state index contributed by atoms with van der Waals surface area (Å²) >= 11 is 13.3. The molecule has 1 aliphatic rings. The summed E-state index contributed by atoms with van der Waals surface area (Å²) in [6.07, 6.45) is 1.51. The second-order valence-electron chi connectivity index (χ2n) is 11.2. The van der Waals surface area contributed by atoms with Gasteiger partial charge in [0.25, 0.3) is 16.7 Å². The average Bonchev–Trinajstić information content (AvgIpc) is 3.57. The highest BCUT2D eigenvalue weighted by molar-refractivity contribution is 8.18. The highest BCUT2D eigenvalue weighted by Crippen LogP contribution is 2.37. The topological polar surface area (TPSA) is 147 Å². The van der Waals surface area contributed by atoms with Crippen LogP contribution in [0.1, 0.15) is 16.7 Å². The fraction of sp³-hybridized carbons (Fsp3) is 0.176. The molecule has 3 heterocycles. The fourth-order valence-corrected chi connectivity index (χ4v) is 6.57. The first-order valence-corrected chi connectivity index (χ1v) is 16.5. The number of anilines is 1. The molecule has 0 aliphatic carbocycles. The molecule has 0 unspecified atom stereocenters. The van der Waals surface area contributed by atoms with Gasteiger partial charge in [0.15, 0.2) is 22.7 Å². The molecule has 0 spiro atoms. The van der Waals surface area contributed by atoms with E-state index in [9.17, 15) is 24.0 Å². The van der Waals surface area contributed by atoms with E-state index >= 15 is 0 Å². The number of carbonyl (C=O) groups excluding carboxylic acids is 3. The average molecular weight is 736 g/mol. The molecule has 3 aromatic carbocycles. The van der Waals surface area contributed by atoms with Gasteiger partial charge < -0.3 is 14.8 Å². The van der Waals surface area contributed by atoms with Crippen molar-refractivity contribution in [2.75, 3.05) is 19.0 Å². The Bertz CT molecular complexity index is 2380. The number of aromatic nitrogens is 4. The van der Waals surface area contributed by atoms with Crippen molar-refractivity contribution >= 4 is 74.9 Å². The Kier molecular flexibility index (Phi) is 9.60. The number of nitrogens with one attached hydrogen (secondary N) is 1. The molecule has 1 fully saturated rings. The van der Waals surface area contributed by atoms with Gasteiger partial charge in [0.05, 0.1) is 18.6 Å². The Morgan fingerprint density at radius 3 is 2.46 bits per heavy atom. The van der Waals surface area contributed by atoms with E-state index in [1.165, 1.54) is 36.4 Å². The minimum atomic E-state index is -0.610. The molecular weight excluding hydrogens is 707 g/mol. The number of imidazole rings is 1. The van der Waals surface area contributed by atoms with Gasteiger partial charge in [-0.1, -0.05) is 53.5 Å². The van der Waals surface area contributed by atoms with Gasteiger partial charge in [-0.15, -0.1) is 0 Å². The van der Waals surface area contributed by atoms with E-state index in [1.54, 1.807) is 48.5 Å². The molecule has 1 N–H and O–H groups in total. The molecule has 2 aromatic heterocycles. The number of ether oxygens (including phenoxy) is 2. The quantitative estimate of drug-likeness (QED) is 0.192. The van der Waals surface area contributed by atoms with Gasteiger partial charge in [0, 0.05) is 29.8 Å². The molecule has 50 heavy (non-hydrogen) atoms. The number of para-hydroxylation sites is 1. The van der Waals surface area contributed by atoms with Crippen molar-refractivity contribution in [3.8, 4) is 17.5 Å². The number of rotatable bonds is 9. The zero-order valence-corrected chi connectivity index (χ0v) is 29.4. The number of thioether (sulfide) groups is 1. The molecule has 256 valence electrons. The molecule has 13 nitrogen and oxygen atoms in total. The summed E-state index contributed by atoms with van der Waals surface area (Å²) in [6.45, 7) is 1.44. The number of fused-ring (bicyclic) bond motifs is 1. The molecule has 0 radical (unpaired) electrons. The maximum Gasteiger partial charge on any atom is 0.332 e. The van der Waals surface area contributed by atoms with Crippen LogP contribution in [0.4, 0.5) is 10.5 Å². The largest absolute Gasteiger partial charge is 0.493 e. The van der Waals surface area contributed by atoms with E-state index in [2.05, 4.69) is 10.3 Å². The Balaban J connectivity index is 1.29. The van der Waals surface area contributed by atoms with Gasteiger partial charge in [-0.05, 0) is 71.8 Å². The maximum absolute atomic E-state index is 13.3. The number of carbonyl (C=O) groups is 3. The lowest BCUT2D eigenvalue weighted by atomic mass is 10.2. The Labute approximate surface area is 298 Å². The monoisotopic (exact) mass is 734 g/mol. The number of nitrogens with zero attached hydrogens (tertiary/aromatic N) is 5. The molecule has 3 amide bonds. The summed E-state index contributed by atoms with van der Waals surface area (Å²) in [6, 6.07) is 16.9. The Hall–Kier alpha value is -5.31. The summed E-state index contributed by atoms with van der Waals surface area (Å²) < 4.78 is 15.5. The molecule has 0 saturated carbocycles. The molecule has 0 bridgehead atoms. The van der Waals surface area contributed by atoms with Crippen LogP contribution in [-0.2, 0) is 30.2 Å². The van der Waals surface area contributed by atoms with E-state index in [0.29, 0.717) is 38.6 Å². The van der Waals surface area contributed by atoms with Crippen LogP contribution in [0, 0.1) is 6.92 Å². The van der Waals surface area contributed by atoms with E-state index in [-0.39, 0.29) is 40.1 Å². The number of amides is 3. The van der Waals surface area contributed by atoms with E-state index < -0.39 is 34.8 Å². The van der Waals surface area contributed by atoms with Crippen molar-refractivity contribution in [3.05, 3.63) is 113 Å². The number of imide groups is 1. The summed E-state index contributed by atoms with van der Waals surface area (Å²) in [5.74, 6) is -0.680. The predicted molar refractivity (Wildman–Crippen MR) is 191 cm³/mol. The Morgan fingerprint density at radius 1 is 0.980 bits per heavy atom. The highest BCUT2D eigenvalue weighted by Gasteiger charge is 2.36. The summed E-state index contributed by atoms with van der Waals surface area (Å²) in [5.41, 5.74) is 1.59. The number of methoxy groups -OCH3 is 1. The third-order valence-corrected chi connectivity index (χ3v) is 9.43. The number of halogens is 2. The van der Waals surface area contributed by atoms with Gasteiger partial charge in [0.1, 0.15) is 6.54 Å². The lowest BCUT2D eigenvalue weighted by Crippen LogP contribution is -2.37. The van der Waals surface area contributed by atoms with Gasteiger partial charge in [0.2, 0.25) is 5.91 Å². The van der Waals surface area contributed by atoms with E-state index in [1.807, 2.05) is 19.1 Å². The van der Waals surface area contributed by atoms with Crippen LogP contribution < -0.4 is 26.0 Å². The molecule has 1 aliphatic heterocycles. The SMILES string of the molecule is COc1cc(C=C2SC(=O)N(CC(=O)Nc3ccccc3C)C2=O)ccc1Oc1nc2c(c(=O)n(C)c(=O)n2C)n1Cc1ccc(Cl)cc1Cl. The smallest absolute Gasteiger partial charge is 0.332 e. The third kappa shape index (κ3) is 6.64. The van der Waals surface area contributed by atoms with Crippen LogP contribution in [-0.4, -0.2) is 54.3 Å². The first-order valence-electron chi connectivity index (χ1n) is 14.9. The van der Waals surface area contributed by atoms with E-state index in [0.717, 1.165) is 15.0 Å². The van der Waals surface area contributed by atoms with E-state index in [4.69, 9.17) is 32.7 Å². The highest BCUT2D eigenvalue weighted by atomic mass is 35.5. The van der Waals surface area contributed by atoms with Crippen molar-refractivity contribution < 1.29 is 23.9 Å². The summed E-state index contributed by atoms with van der Waals surface area (Å²) in [4.78, 5) is 70.1. The molecule has 0 atom stereocenters. The normalized spacial score (nSPS) is 13.8. The standard InChI is InChI=1S/C34H28Cl2N6O7S/c1-18-7-5-6-8-23(18)37-27(43)17-42-30(44)26(50-34(42)47)14-19-9-12-24(25(13-19)48-4)49-32-38-29-28(31(45)40(3)33(46)39(29)2)41(32)16-20-10-11-21(35)15-22(20)36/h5-15H,16-17H2,1-4H3,(H,37,43). The van der Waals surface area contributed by atoms with Crippen LogP contribution in [0.25, 0.3) is 17.2 Å². The second-order valence-corrected chi connectivity index (χ2v) is 13.1. The zero-order valence-electron chi connectivity index (χ0n) is 27.0. The lowest BCUT2D eigenvalue weighted by Gasteiger charge is -2.14. The van der Waals surface area contributed by atoms with Crippen LogP contribution in [0.15, 0.2) is 75.2 Å². The van der Waals surface area contributed by atoms with Crippen molar-refractivity contribution in [3.63, 3.8) is 0 Å². The maximum atomic E-state index is 13.3. The minimum absolute atomic E-state index is 0.0274. The van der Waals surface area contributed by atoms with Crippen molar-refractivity contribution in [2.45, 2.75) is 13.5 Å². The second kappa shape index (κ2) is 13.9. The number of hydrogen-bond donors (Lipinski definition) is 1.